The first-order valence-corrected chi connectivity index (χ1v) is 6.21. The van der Waals surface area contributed by atoms with Crippen LogP contribution in [0.25, 0.3) is 10.9 Å². The van der Waals surface area contributed by atoms with Crippen LogP contribution in [0.4, 0.5) is 0 Å². The van der Waals surface area contributed by atoms with Crippen molar-refractivity contribution in [2.45, 2.75) is 6.42 Å². The number of amides is 1. The van der Waals surface area contributed by atoms with E-state index in [1.807, 2.05) is 42.6 Å². The lowest BCUT2D eigenvalue weighted by molar-refractivity contribution is 0.0955. The van der Waals surface area contributed by atoms with Crippen LogP contribution >= 0.6 is 0 Å². The van der Waals surface area contributed by atoms with E-state index in [2.05, 4.69) is 10.3 Å². The highest BCUT2D eigenvalue weighted by atomic mass is 16.3. The lowest BCUT2D eigenvalue weighted by atomic mass is 10.1. The second-order valence-electron chi connectivity index (χ2n) is 4.33. The number of hydrogen-bond acceptors (Lipinski definition) is 2. The molecule has 0 spiro atoms. The van der Waals surface area contributed by atoms with Crippen molar-refractivity contribution >= 4 is 16.8 Å². The molecule has 0 aliphatic carbocycles. The topological polar surface area (TPSA) is 58.0 Å². The molecule has 0 aliphatic rings. The summed E-state index contributed by atoms with van der Waals surface area (Å²) in [7, 11) is 0. The molecule has 0 atom stereocenters. The normalized spacial score (nSPS) is 10.7. The molecule has 0 unspecified atom stereocenters. The minimum atomic E-state index is -0.0586. The highest BCUT2D eigenvalue weighted by Gasteiger charge is 2.09. The van der Waals surface area contributed by atoms with Gasteiger partial charge in [-0.15, -0.1) is 0 Å². The Labute approximate surface area is 110 Å². The maximum atomic E-state index is 12.1. The fourth-order valence-corrected chi connectivity index (χ4v) is 2.13. The summed E-state index contributed by atoms with van der Waals surface area (Å²) in [6.45, 7) is 0.563. The van der Waals surface area contributed by atoms with E-state index < -0.39 is 0 Å². The molecule has 96 valence electrons. The van der Waals surface area contributed by atoms with E-state index >= 15 is 0 Å². The molecule has 1 aromatic carbocycles. The number of carbonyl (C=O) groups excluding carboxylic acids is 1. The third-order valence-corrected chi connectivity index (χ3v) is 3.08. The highest BCUT2D eigenvalue weighted by Crippen LogP contribution is 2.17. The number of aromatic amines is 1. The van der Waals surface area contributed by atoms with Crippen LogP contribution < -0.4 is 5.32 Å². The standard InChI is InChI=1S/C15H14N2O2/c18-15(17-8-6-11-3-2-10-19-11)13-4-1-5-14-12(13)7-9-16-14/h1-5,7,9-10,16H,6,8H2,(H,17,18). The molecular formula is C15H14N2O2. The van der Waals surface area contributed by atoms with E-state index in [4.69, 9.17) is 4.42 Å². The summed E-state index contributed by atoms with van der Waals surface area (Å²) in [4.78, 5) is 15.2. The van der Waals surface area contributed by atoms with Crippen LogP contribution in [-0.2, 0) is 6.42 Å². The van der Waals surface area contributed by atoms with Crippen LogP contribution in [0.1, 0.15) is 16.1 Å². The minimum absolute atomic E-state index is 0.0586. The third-order valence-electron chi connectivity index (χ3n) is 3.08. The van der Waals surface area contributed by atoms with Crippen molar-refractivity contribution in [2.75, 3.05) is 6.54 Å². The molecule has 0 aliphatic heterocycles. The van der Waals surface area contributed by atoms with Gasteiger partial charge in [-0.05, 0) is 30.3 Å². The maximum absolute atomic E-state index is 12.1. The summed E-state index contributed by atoms with van der Waals surface area (Å²) in [5.74, 6) is 0.817. The molecule has 4 heteroatoms. The lowest BCUT2D eigenvalue weighted by Crippen LogP contribution is -2.25. The zero-order chi connectivity index (χ0) is 13.1. The summed E-state index contributed by atoms with van der Waals surface area (Å²) < 4.78 is 5.22. The van der Waals surface area contributed by atoms with Crippen molar-refractivity contribution in [3.05, 3.63) is 60.2 Å². The molecule has 2 N–H and O–H groups in total. The van der Waals surface area contributed by atoms with Gasteiger partial charge >= 0.3 is 0 Å². The Morgan fingerprint density at radius 1 is 1.21 bits per heavy atom. The molecule has 2 aromatic heterocycles. The average molecular weight is 254 g/mol. The number of carbonyl (C=O) groups is 1. The molecule has 19 heavy (non-hydrogen) atoms. The van der Waals surface area contributed by atoms with Gasteiger partial charge in [-0.2, -0.15) is 0 Å². The molecule has 0 saturated carbocycles. The number of furan rings is 1. The van der Waals surface area contributed by atoms with Crippen molar-refractivity contribution in [3.63, 3.8) is 0 Å². The lowest BCUT2D eigenvalue weighted by Gasteiger charge is -2.05. The Kier molecular flexibility index (Phi) is 3.06. The number of rotatable bonds is 4. The Hall–Kier alpha value is -2.49. The van der Waals surface area contributed by atoms with E-state index in [0.29, 0.717) is 18.5 Å². The average Bonchev–Trinajstić information content (AvgIpc) is 3.08. The fraction of sp³-hybridized carbons (Fsp3) is 0.133. The van der Waals surface area contributed by atoms with E-state index in [-0.39, 0.29) is 5.91 Å². The minimum Gasteiger partial charge on any atom is -0.469 e. The highest BCUT2D eigenvalue weighted by molar-refractivity contribution is 6.06. The SMILES string of the molecule is O=C(NCCc1ccco1)c1cccc2[nH]ccc12. The Bertz CT molecular complexity index is 683. The van der Waals surface area contributed by atoms with E-state index in [0.717, 1.165) is 16.7 Å². The quantitative estimate of drug-likeness (QED) is 0.752. The van der Waals surface area contributed by atoms with Gasteiger partial charge in [0.05, 0.1) is 6.26 Å². The molecule has 0 saturated heterocycles. The first-order chi connectivity index (χ1) is 9.34. The van der Waals surface area contributed by atoms with Gasteiger partial charge in [-0.1, -0.05) is 6.07 Å². The molecular weight excluding hydrogens is 240 g/mol. The zero-order valence-electron chi connectivity index (χ0n) is 10.3. The second kappa shape index (κ2) is 5.02. The van der Waals surface area contributed by atoms with Crippen molar-refractivity contribution in [2.24, 2.45) is 0 Å². The third kappa shape index (κ3) is 2.38. The molecule has 3 aromatic rings. The number of hydrogen-bond donors (Lipinski definition) is 2. The van der Waals surface area contributed by atoms with Crippen LogP contribution in [-0.4, -0.2) is 17.4 Å². The Morgan fingerprint density at radius 2 is 2.16 bits per heavy atom. The number of aromatic nitrogens is 1. The van der Waals surface area contributed by atoms with Crippen LogP contribution in [0, 0.1) is 0 Å². The summed E-state index contributed by atoms with van der Waals surface area (Å²) in [5, 5.41) is 3.85. The van der Waals surface area contributed by atoms with Gasteiger partial charge < -0.3 is 14.7 Å². The van der Waals surface area contributed by atoms with Crippen LogP contribution in [0.5, 0.6) is 0 Å². The molecule has 1 amide bonds. The summed E-state index contributed by atoms with van der Waals surface area (Å²) in [5.41, 5.74) is 1.66. The smallest absolute Gasteiger partial charge is 0.251 e. The number of H-pyrrole nitrogens is 1. The number of benzene rings is 1. The van der Waals surface area contributed by atoms with Crippen LogP contribution in [0.3, 0.4) is 0 Å². The van der Waals surface area contributed by atoms with Crippen molar-refractivity contribution in [1.29, 1.82) is 0 Å². The van der Waals surface area contributed by atoms with Crippen LogP contribution in [0.2, 0.25) is 0 Å². The monoisotopic (exact) mass is 254 g/mol. The van der Waals surface area contributed by atoms with Gasteiger partial charge in [0.15, 0.2) is 0 Å². The van der Waals surface area contributed by atoms with Crippen molar-refractivity contribution < 1.29 is 9.21 Å². The largest absolute Gasteiger partial charge is 0.469 e. The molecule has 0 radical (unpaired) electrons. The van der Waals surface area contributed by atoms with Gasteiger partial charge in [0.1, 0.15) is 5.76 Å². The first kappa shape index (κ1) is 11.6. The molecule has 0 bridgehead atoms. The van der Waals surface area contributed by atoms with Gasteiger partial charge in [-0.3, -0.25) is 4.79 Å². The molecule has 4 nitrogen and oxygen atoms in total. The summed E-state index contributed by atoms with van der Waals surface area (Å²) in [6.07, 6.45) is 4.17. The molecule has 3 rings (SSSR count). The zero-order valence-corrected chi connectivity index (χ0v) is 10.3. The predicted molar refractivity (Wildman–Crippen MR) is 73.0 cm³/mol. The van der Waals surface area contributed by atoms with Gasteiger partial charge in [0, 0.05) is 35.6 Å². The predicted octanol–water partition coefficient (Wildman–Crippen LogP) is 2.73. The van der Waals surface area contributed by atoms with Gasteiger partial charge in [0.25, 0.3) is 5.91 Å². The summed E-state index contributed by atoms with van der Waals surface area (Å²) in [6, 6.07) is 11.3. The number of fused-ring (bicyclic) bond motifs is 1. The van der Waals surface area contributed by atoms with E-state index in [9.17, 15) is 4.79 Å². The number of nitrogens with one attached hydrogen (secondary N) is 2. The fourth-order valence-electron chi connectivity index (χ4n) is 2.13. The van der Waals surface area contributed by atoms with Crippen molar-refractivity contribution in [3.8, 4) is 0 Å². The van der Waals surface area contributed by atoms with E-state index in [1.54, 1.807) is 6.26 Å². The van der Waals surface area contributed by atoms with Gasteiger partial charge in [0.2, 0.25) is 0 Å². The first-order valence-electron chi connectivity index (χ1n) is 6.21. The Morgan fingerprint density at radius 3 is 3.00 bits per heavy atom. The molecule has 2 heterocycles. The van der Waals surface area contributed by atoms with Crippen LogP contribution in [0.15, 0.2) is 53.3 Å². The van der Waals surface area contributed by atoms with E-state index in [1.165, 1.54) is 0 Å². The van der Waals surface area contributed by atoms with Gasteiger partial charge in [-0.25, -0.2) is 0 Å². The van der Waals surface area contributed by atoms with Crippen molar-refractivity contribution in [1.82, 2.24) is 10.3 Å². The second-order valence-corrected chi connectivity index (χ2v) is 4.33. The Balaban J connectivity index is 1.68. The molecule has 0 fully saturated rings. The maximum Gasteiger partial charge on any atom is 0.251 e. The summed E-state index contributed by atoms with van der Waals surface area (Å²) >= 11 is 0.